The fourth-order valence-electron chi connectivity index (χ4n) is 1.99. The number of hydrogen-bond acceptors (Lipinski definition) is 5. The first kappa shape index (κ1) is 19.2. The first-order valence-electron chi connectivity index (χ1n) is 7.03. The Labute approximate surface area is 138 Å². The summed E-state index contributed by atoms with van der Waals surface area (Å²) in [6, 6.07) is 6.55. The van der Waals surface area contributed by atoms with E-state index in [1.807, 2.05) is 6.08 Å². The van der Waals surface area contributed by atoms with E-state index in [1.54, 1.807) is 0 Å². The molecule has 0 spiro atoms. The van der Waals surface area contributed by atoms with Crippen molar-refractivity contribution in [3.63, 3.8) is 0 Å². The van der Waals surface area contributed by atoms with Gasteiger partial charge >= 0.3 is 10.4 Å². The molecule has 6 nitrogen and oxygen atoms in total. The van der Waals surface area contributed by atoms with Crippen LogP contribution in [0.25, 0.3) is 0 Å². The van der Waals surface area contributed by atoms with E-state index in [0.29, 0.717) is 12.6 Å². The second kappa shape index (κ2) is 8.71. The Kier molecular flexibility index (Phi) is 7.28. The summed E-state index contributed by atoms with van der Waals surface area (Å²) in [6.07, 6.45) is 8.33. The highest BCUT2D eigenvalue weighted by molar-refractivity contribution is 7.80. The first-order chi connectivity index (χ1) is 10.7. The van der Waals surface area contributed by atoms with Crippen LogP contribution >= 0.6 is 0 Å². The number of likely N-dealkylation sites (N-methyl/N-ethyl adjacent to an activating group) is 1. The first-order valence-corrected chi connectivity index (χ1v) is 8.40. The molecule has 1 aliphatic heterocycles. The molecule has 7 heteroatoms. The average molecular weight is 341 g/mol. The SMILES string of the molecule is COS(=O)(=O)O.Cc1cccc(C)c1OCC1C=CC=CN1C. The summed E-state index contributed by atoms with van der Waals surface area (Å²) >= 11 is 0. The van der Waals surface area contributed by atoms with Crippen molar-refractivity contribution in [2.45, 2.75) is 19.9 Å². The third kappa shape index (κ3) is 6.85. The molecular formula is C16H23NO5S. The van der Waals surface area contributed by atoms with Crippen molar-refractivity contribution < 1.29 is 21.9 Å². The predicted octanol–water partition coefficient (Wildman–Crippen LogP) is 2.50. The third-order valence-corrected chi connectivity index (χ3v) is 3.73. The van der Waals surface area contributed by atoms with E-state index < -0.39 is 10.4 Å². The van der Waals surface area contributed by atoms with Crippen molar-refractivity contribution in [3.05, 3.63) is 53.8 Å². The molecule has 1 aromatic rings. The molecule has 0 saturated heterocycles. The van der Waals surface area contributed by atoms with E-state index in [4.69, 9.17) is 9.29 Å². The van der Waals surface area contributed by atoms with Crippen molar-refractivity contribution in [3.8, 4) is 5.75 Å². The molecule has 2 rings (SSSR count). The molecule has 1 unspecified atom stereocenters. The summed E-state index contributed by atoms with van der Waals surface area (Å²) in [5, 5.41) is 0. The van der Waals surface area contributed by atoms with E-state index in [-0.39, 0.29) is 0 Å². The molecular weight excluding hydrogens is 318 g/mol. The van der Waals surface area contributed by atoms with Gasteiger partial charge in [-0.15, -0.1) is 0 Å². The van der Waals surface area contributed by atoms with Gasteiger partial charge in [-0.05, 0) is 37.3 Å². The van der Waals surface area contributed by atoms with Gasteiger partial charge in [-0.2, -0.15) is 8.42 Å². The highest BCUT2D eigenvalue weighted by atomic mass is 32.3. The minimum Gasteiger partial charge on any atom is -0.491 e. The van der Waals surface area contributed by atoms with E-state index in [1.165, 1.54) is 11.1 Å². The lowest BCUT2D eigenvalue weighted by Crippen LogP contribution is -2.32. The van der Waals surface area contributed by atoms with Gasteiger partial charge in [0.2, 0.25) is 0 Å². The molecule has 0 amide bonds. The molecule has 0 radical (unpaired) electrons. The maximum Gasteiger partial charge on any atom is 0.397 e. The van der Waals surface area contributed by atoms with Crippen molar-refractivity contribution >= 4 is 10.4 Å². The molecule has 1 aromatic carbocycles. The standard InChI is InChI=1S/C15H19NO.CH4O4S/c1-12-7-6-8-13(2)15(12)17-11-14-9-4-5-10-16(14)3;1-5-6(2,3)4/h4-10,14H,11H2,1-3H3;1H3,(H,2,3,4). The highest BCUT2D eigenvalue weighted by Crippen LogP contribution is 2.23. The molecule has 0 aliphatic carbocycles. The Morgan fingerprint density at radius 1 is 1.22 bits per heavy atom. The summed E-state index contributed by atoms with van der Waals surface area (Å²) in [7, 11) is -1.22. The van der Waals surface area contributed by atoms with Gasteiger partial charge in [-0.3, -0.25) is 8.74 Å². The van der Waals surface area contributed by atoms with Crippen LogP contribution in [-0.4, -0.2) is 44.7 Å². The zero-order chi connectivity index (χ0) is 17.5. The van der Waals surface area contributed by atoms with Crippen LogP contribution in [0.5, 0.6) is 5.75 Å². The zero-order valence-corrected chi connectivity index (χ0v) is 14.6. The van der Waals surface area contributed by atoms with Crippen LogP contribution in [-0.2, 0) is 14.6 Å². The Bertz CT molecular complexity index is 647. The van der Waals surface area contributed by atoms with E-state index in [0.717, 1.165) is 12.9 Å². The van der Waals surface area contributed by atoms with Gasteiger partial charge in [0.15, 0.2) is 0 Å². The second-order valence-electron chi connectivity index (χ2n) is 5.09. The van der Waals surface area contributed by atoms with Gasteiger partial charge in [-0.25, -0.2) is 0 Å². The summed E-state index contributed by atoms with van der Waals surface area (Å²) in [6.45, 7) is 4.86. The molecule has 0 bridgehead atoms. The zero-order valence-electron chi connectivity index (χ0n) is 13.8. The number of allylic oxidation sites excluding steroid dienone is 2. The molecule has 128 valence electrons. The van der Waals surface area contributed by atoms with Crippen molar-refractivity contribution in [1.82, 2.24) is 4.90 Å². The Morgan fingerprint density at radius 2 is 1.78 bits per heavy atom. The molecule has 1 atom stereocenters. The molecule has 1 N–H and O–H groups in total. The molecule has 1 aliphatic rings. The van der Waals surface area contributed by atoms with E-state index >= 15 is 0 Å². The number of ether oxygens (including phenoxy) is 1. The summed E-state index contributed by atoms with van der Waals surface area (Å²) in [5.41, 5.74) is 2.39. The molecule has 0 saturated carbocycles. The molecule has 1 heterocycles. The van der Waals surface area contributed by atoms with Crippen LogP contribution in [0.1, 0.15) is 11.1 Å². The van der Waals surface area contributed by atoms with Gasteiger partial charge < -0.3 is 9.64 Å². The Hall–Kier alpha value is -1.83. The monoisotopic (exact) mass is 341 g/mol. The normalized spacial score (nSPS) is 16.7. The average Bonchev–Trinajstić information content (AvgIpc) is 2.48. The van der Waals surface area contributed by atoms with Crippen molar-refractivity contribution in [1.29, 1.82) is 0 Å². The van der Waals surface area contributed by atoms with Crippen LogP contribution in [0.2, 0.25) is 0 Å². The van der Waals surface area contributed by atoms with Crippen LogP contribution in [0.4, 0.5) is 0 Å². The number of rotatable bonds is 4. The minimum absolute atomic E-state index is 0.319. The smallest absolute Gasteiger partial charge is 0.397 e. The largest absolute Gasteiger partial charge is 0.491 e. The van der Waals surface area contributed by atoms with Gasteiger partial charge in [0.05, 0.1) is 13.2 Å². The maximum absolute atomic E-state index is 9.33. The Balaban J connectivity index is 0.000000379. The van der Waals surface area contributed by atoms with E-state index in [9.17, 15) is 8.42 Å². The molecule has 0 aromatic heterocycles. The minimum atomic E-state index is -4.16. The van der Waals surface area contributed by atoms with Gasteiger partial charge in [-0.1, -0.05) is 30.4 Å². The number of benzene rings is 1. The number of hydrogen-bond donors (Lipinski definition) is 1. The summed E-state index contributed by atoms with van der Waals surface area (Å²) in [4.78, 5) is 2.16. The summed E-state index contributed by atoms with van der Waals surface area (Å²) < 4.78 is 35.7. The molecule has 0 fully saturated rings. The lowest BCUT2D eigenvalue weighted by atomic mass is 10.1. The van der Waals surface area contributed by atoms with Crippen LogP contribution in [0.15, 0.2) is 42.6 Å². The number of aryl methyl sites for hydroxylation is 2. The van der Waals surface area contributed by atoms with E-state index in [2.05, 4.69) is 66.5 Å². The number of nitrogens with zero attached hydrogens (tertiary/aromatic N) is 1. The maximum atomic E-state index is 9.33. The van der Waals surface area contributed by atoms with Crippen molar-refractivity contribution in [2.24, 2.45) is 0 Å². The quantitative estimate of drug-likeness (QED) is 0.848. The number of para-hydroxylation sites is 1. The van der Waals surface area contributed by atoms with Gasteiger partial charge in [0.1, 0.15) is 12.4 Å². The van der Waals surface area contributed by atoms with Crippen molar-refractivity contribution in [2.75, 3.05) is 20.8 Å². The van der Waals surface area contributed by atoms with Gasteiger partial charge in [0.25, 0.3) is 0 Å². The highest BCUT2D eigenvalue weighted by Gasteiger charge is 2.12. The fraction of sp³-hybridized carbons (Fsp3) is 0.375. The predicted molar refractivity (Wildman–Crippen MR) is 89.8 cm³/mol. The van der Waals surface area contributed by atoms with Crippen LogP contribution < -0.4 is 4.74 Å². The summed E-state index contributed by atoms with van der Waals surface area (Å²) in [5.74, 6) is 1.02. The second-order valence-corrected chi connectivity index (χ2v) is 6.27. The lowest BCUT2D eigenvalue weighted by Gasteiger charge is -2.26. The fourth-order valence-corrected chi connectivity index (χ4v) is 1.99. The molecule has 23 heavy (non-hydrogen) atoms. The topological polar surface area (TPSA) is 76.1 Å². The third-order valence-electron chi connectivity index (χ3n) is 3.31. The Morgan fingerprint density at radius 3 is 2.26 bits per heavy atom. The van der Waals surface area contributed by atoms with Gasteiger partial charge in [0, 0.05) is 7.05 Å². The van der Waals surface area contributed by atoms with Crippen LogP contribution in [0.3, 0.4) is 0 Å². The van der Waals surface area contributed by atoms with Crippen LogP contribution in [0, 0.1) is 13.8 Å². The lowest BCUT2D eigenvalue weighted by molar-refractivity contribution is 0.228.